The summed E-state index contributed by atoms with van der Waals surface area (Å²) in [6.45, 7) is 4.13. The van der Waals surface area contributed by atoms with E-state index in [0.29, 0.717) is 12.2 Å². The van der Waals surface area contributed by atoms with E-state index in [2.05, 4.69) is 24.0 Å². The highest BCUT2D eigenvalue weighted by Crippen LogP contribution is 2.42. The summed E-state index contributed by atoms with van der Waals surface area (Å²) in [5.41, 5.74) is 2.54. The Labute approximate surface area is 138 Å². The molecule has 2 atom stereocenters. The van der Waals surface area contributed by atoms with Crippen LogP contribution in [0, 0.1) is 5.92 Å². The highest BCUT2D eigenvalue weighted by atomic mass is 16.5. The van der Waals surface area contributed by atoms with Crippen LogP contribution in [0.2, 0.25) is 0 Å². The van der Waals surface area contributed by atoms with E-state index in [-0.39, 0.29) is 12.0 Å². The number of carbonyl (C=O) groups excluding carboxylic acids is 1. The topological polar surface area (TPSA) is 38.8 Å². The Hall–Kier alpha value is -1.55. The van der Waals surface area contributed by atoms with Crippen molar-refractivity contribution in [1.29, 1.82) is 0 Å². The minimum absolute atomic E-state index is 0.212. The maximum absolute atomic E-state index is 12.6. The summed E-state index contributed by atoms with van der Waals surface area (Å²) in [6.07, 6.45) is 5.00. The van der Waals surface area contributed by atoms with E-state index in [1.165, 1.54) is 11.1 Å². The zero-order valence-corrected chi connectivity index (χ0v) is 14.4. The van der Waals surface area contributed by atoms with Crippen molar-refractivity contribution in [2.45, 2.75) is 45.1 Å². The van der Waals surface area contributed by atoms with Gasteiger partial charge in [0, 0.05) is 31.5 Å². The summed E-state index contributed by atoms with van der Waals surface area (Å²) in [5.74, 6) is 2.20. The van der Waals surface area contributed by atoms with E-state index < -0.39 is 0 Å². The van der Waals surface area contributed by atoms with Crippen LogP contribution in [-0.2, 0) is 11.2 Å². The lowest BCUT2D eigenvalue weighted by atomic mass is 9.81. The molecule has 2 heterocycles. The molecule has 3 rings (SSSR count). The second-order valence-corrected chi connectivity index (χ2v) is 6.68. The molecule has 0 N–H and O–H groups in total. The fourth-order valence-electron chi connectivity index (χ4n) is 3.98. The van der Waals surface area contributed by atoms with Crippen LogP contribution in [0.15, 0.2) is 12.1 Å². The van der Waals surface area contributed by atoms with E-state index in [0.717, 1.165) is 50.3 Å². The SMILES string of the molecule is CCCC[C@H]1CN2CCc3cc(OC)c(OC)cc3[C@@H]2CC1=O. The van der Waals surface area contributed by atoms with Gasteiger partial charge in [0.15, 0.2) is 11.5 Å². The Morgan fingerprint density at radius 1 is 1.22 bits per heavy atom. The number of unbranched alkanes of at least 4 members (excludes halogenated alkanes) is 1. The number of rotatable bonds is 5. The molecule has 0 radical (unpaired) electrons. The molecule has 0 amide bonds. The highest BCUT2D eigenvalue weighted by Gasteiger charge is 2.38. The third-order valence-corrected chi connectivity index (χ3v) is 5.32. The van der Waals surface area contributed by atoms with Gasteiger partial charge in [0.1, 0.15) is 5.78 Å². The maximum Gasteiger partial charge on any atom is 0.161 e. The first-order valence-corrected chi connectivity index (χ1v) is 8.69. The standard InChI is InChI=1S/C19H27NO3/c1-4-5-6-14-12-20-8-7-13-9-18(22-2)19(23-3)10-15(13)16(20)11-17(14)21/h9-10,14,16H,4-8,11-12H2,1-3H3/t14-,16-/m0/s1. The third-order valence-electron chi connectivity index (χ3n) is 5.32. The van der Waals surface area contributed by atoms with Gasteiger partial charge in [-0.1, -0.05) is 19.8 Å². The van der Waals surface area contributed by atoms with Crippen LogP contribution in [0.5, 0.6) is 11.5 Å². The van der Waals surface area contributed by atoms with Crippen LogP contribution in [0.1, 0.15) is 49.8 Å². The Balaban J connectivity index is 1.86. The molecular formula is C19H27NO3. The molecule has 0 aromatic heterocycles. The molecule has 23 heavy (non-hydrogen) atoms. The number of piperidine rings is 1. The number of nitrogens with zero attached hydrogens (tertiary/aromatic N) is 1. The molecule has 1 fully saturated rings. The summed E-state index contributed by atoms with van der Waals surface area (Å²) in [6, 6.07) is 4.37. The normalized spacial score (nSPS) is 24.0. The number of hydrogen-bond donors (Lipinski definition) is 0. The second-order valence-electron chi connectivity index (χ2n) is 6.68. The van der Waals surface area contributed by atoms with E-state index in [1.54, 1.807) is 14.2 Å². The average Bonchev–Trinajstić information content (AvgIpc) is 2.58. The predicted octanol–water partition coefficient (Wildman–Crippen LogP) is 3.38. The van der Waals surface area contributed by atoms with Gasteiger partial charge in [0.2, 0.25) is 0 Å². The number of Topliss-reactive ketones (excluding diaryl/α,β-unsaturated/α-hetero) is 1. The van der Waals surface area contributed by atoms with Gasteiger partial charge in [0.25, 0.3) is 0 Å². The predicted molar refractivity (Wildman–Crippen MR) is 90.2 cm³/mol. The van der Waals surface area contributed by atoms with Crippen molar-refractivity contribution in [2.75, 3.05) is 27.3 Å². The van der Waals surface area contributed by atoms with Gasteiger partial charge >= 0.3 is 0 Å². The summed E-state index contributed by atoms with van der Waals surface area (Å²) < 4.78 is 10.9. The Bertz CT molecular complexity index is 584. The van der Waals surface area contributed by atoms with Gasteiger partial charge in [-0.25, -0.2) is 0 Å². The first-order chi connectivity index (χ1) is 11.2. The number of methoxy groups -OCH3 is 2. The molecule has 4 heteroatoms. The minimum Gasteiger partial charge on any atom is -0.493 e. The van der Waals surface area contributed by atoms with Crippen LogP contribution in [0.25, 0.3) is 0 Å². The Morgan fingerprint density at radius 2 is 1.96 bits per heavy atom. The number of ether oxygens (including phenoxy) is 2. The first kappa shape index (κ1) is 16.3. The smallest absolute Gasteiger partial charge is 0.161 e. The van der Waals surface area contributed by atoms with Crippen LogP contribution in [0.3, 0.4) is 0 Å². The van der Waals surface area contributed by atoms with Crippen molar-refractivity contribution in [3.63, 3.8) is 0 Å². The largest absolute Gasteiger partial charge is 0.493 e. The number of fused-ring (bicyclic) bond motifs is 3. The van der Waals surface area contributed by atoms with Gasteiger partial charge in [-0.05, 0) is 36.1 Å². The Kier molecular flexibility index (Phi) is 4.90. The monoisotopic (exact) mass is 317 g/mol. The Morgan fingerprint density at radius 3 is 2.65 bits per heavy atom. The zero-order chi connectivity index (χ0) is 16.4. The minimum atomic E-state index is 0.212. The van der Waals surface area contributed by atoms with Crippen molar-refractivity contribution in [3.05, 3.63) is 23.3 Å². The molecule has 0 bridgehead atoms. The van der Waals surface area contributed by atoms with Crippen molar-refractivity contribution >= 4 is 5.78 Å². The molecule has 2 aliphatic rings. The summed E-state index contributed by atoms with van der Waals surface area (Å²) in [5, 5.41) is 0. The molecule has 126 valence electrons. The summed E-state index contributed by atoms with van der Waals surface area (Å²) in [4.78, 5) is 15.1. The molecule has 0 spiro atoms. The summed E-state index contributed by atoms with van der Waals surface area (Å²) >= 11 is 0. The lowest BCUT2D eigenvalue weighted by molar-refractivity contribution is -0.129. The fourth-order valence-corrected chi connectivity index (χ4v) is 3.98. The molecule has 0 saturated carbocycles. The zero-order valence-electron chi connectivity index (χ0n) is 14.4. The lowest BCUT2D eigenvalue weighted by Crippen LogP contribution is -2.46. The molecule has 1 aromatic rings. The third kappa shape index (κ3) is 3.09. The maximum atomic E-state index is 12.6. The molecule has 4 nitrogen and oxygen atoms in total. The fraction of sp³-hybridized carbons (Fsp3) is 0.632. The quantitative estimate of drug-likeness (QED) is 0.834. The van der Waals surface area contributed by atoms with Crippen LogP contribution in [0.4, 0.5) is 0 Å². The molecule has 1 aromatic carbocycles. The van der Waals surface area contributed by atoms with Crippen LogP contribution in [-0.4, -0.2) is 38.0 Å². The van der Waals surface area contributed by atoms with Crippen LogP contribution < -0.4 is 9.47 Å². The van der Waals surface area contributed by atoms with Gasteiger partial charge in [-0.3, -0.25) is 9.69 Å². The van der Waals surface area contributed by atoms with Crippen LogP contribution >= 0.6 is 0 Å². The van der Waals surface area contributed by atoms with E-state index in [9.17, 15) is 4.79 Å². The van der Waals surface area contributed by atoms with E-state index in [1.807, 2.05) is 0 Å². The van der Waals surface area contributed by atoms with Crippen molar-refractivity contribution in [1.82, 2.24) is 4.90 Å². The molecule has 0 unspecified atom stereocenters. The molecule has 1 saturated heterocycles. The number of hydrogen-bond acceptors (Lipinski definition) is 4. The van der Waals surface area contributed by atoms with Gasteiger partial charge < -0.3 is 9.47 Å². The van der Waals surface area contributed by atoms with Crippen molar-refractivity contribution < 1.29 is 14.3 Å². The second kappa shape index (κ2) is 6.91. The molecule has 0 aliphatic carbocycles. The number of carbonyl (C=O) groups is 1. The van der Waals surface area contributed by atoms with Crippen molar-refractivity contribution in [2.24, 2.45) is 5.92 Å². The van der Waals surface area contributed by atoms with E-state index in [4.69, 9.17) is 9.47 Å². The van der Waals surface area contributed by atoms with Gasteiger partial charge in [-0.15, -0.1) is 0 Å². The number of ketones is 1. The van der Waals surface area contributed by atoms with Gasteiger partial charge in [0.05, 0.1) is 14.2 Å². The molecular weight excluding hydrogens is 290 g/mol. The molecule has 2 aliphatic heterocycles. The lowest BCUT2D eigenvalue weighted by Gasteiger charge is -2.43. The highest BCUT2D eigenvalue weighted by molar-refractivity contribution is 5.83. The summed E-state index contributed by atoms with van der Waals surface area (Å²) in [7, 11) is 3.33. The number of benzene rings is 1. The van der Waals surface area contributed by atoms with E-state index >= 15 is 0 Å². The first-order valence-electron chi connectivity index (χ1n) is 8.69. The average molecular weight is 317 g/mol. The van der Waals surface area contributed by atoms with Gasteiger partial charge in [-0.2, -0.15) is 0 Å². The van der Waals surface area contributed by atoms with Crippen molar-refractivity contribution in [3.8, 4) is 11.5 Å².